The molecule has 4 fully saturated rings. The van der Waals surface area contributed by atoms with E-state index in [-0.39, 0.29) is 28.1 Å². The molecule has 0 amide bonds. The number of oxazole rings is 1. The summed E-state index contributed by atoms with van der Waals surface area (Å²) in [5.41, 5.74) is 4.91. The van der Waals surface area contributed by atoms with Crippen molar-refractivity contribution in [2.45, 2.75) is 81.8 Å². The molecule has 2 aromatic rings. The molecule has 2 saturated carbocycles. The average Bonchev–Trinajstić information content (AvgIpc) is 3.13. The molecule has 1 aromatic carbocycles. The molecule has 9 atom stereocenters. The quantitative estimate of drug-likeness (QED) is 0.616. The molecule has 2 aliphatic heterocycles. The van der Waals surface area contributed by atoms with Gasteiger partial charge in [0, 0.05) is 29.7 Å². The summed E-state index contributed by atoms with van der Waals surface area (Å²) in [6.45, 7) is 4.33. The van der Waals surface area contributed by atoms with E-state index in [1.807, 2.05) is 21.0 Å². The lowest BCUT2D eigenvalue weighted by molar-refractivity contribution is -0.248. The zero-order valence-electron chi connectivity index (χ0n) is 21.6. The number of ether oxygens (including phenoxy) is 1. The fourth-order valence-electron chi connectivity index (χ4n) is 9.84. The van der Waals surface area contributed by atoms with Crippen LogP contribution in [0.4, 0.5) is 0 Å². The highest BCUT2D eigenvalue weighted by atomic mass is 16.5. The van der Waals surface area contributed by atoms with E-state index >= 15 is 0 Å². The molecule has 2 N–H and O–H groups in total. The van der Waals surface area contributed by atoms with Gasteiger partial charge in [-0.15, -0.1) is 0 Å². The average molecular weight is 489 g/mol. The first-order chi connectivity index (χ1) is 17.2. The Morgan fingerprint density at radius 3 is 2.75 bits per heavy atom. The highest BCUT2D eigenvalue weighted by Gasteiger charge is 2.84. The molecule has 0 radical (unpaired) electrons. The van der Waals surface area contributed by atoms with Crippen LogP contribution in [0.5, 0.6) is 0 Å². The Balaban J connectivity index is 1.21. The lowest BCUT2D eigenvalue weighted by Gasteiger charge is -2.59. The van der Waals surface area contributed by atoms with Gasteiger partial charge in [-0.05, 0) is 87.4 Å². The van der Waals surface area contributed by atoms with E-state index in [9.17, 15) is 10.2 Å². The summed E-state index contributed by atoms with van der Waals surface area (Å²) < 4.78 is 13.2. The van der Waals surface area contributed by atoms with Crippen molar-refractivity contribution in [2.75, 3.05) is 14.1 Å². The van der Waals surface area contributed by atoms with Gasteiger partial charge in [-0.1, -0.05) is 25.1 Å². The lowest BCUT2D eigenvalue weighted by Crippen LogP contribution is -2.67. The normalized spacial score (nSPS) is 48.2. The fourth-order valence-corrected chi connectivity index (χ4v) is 9.84. The van der Waals surface area contributed by atoms with Gasteiger partial charge in [-0.3, -0.25) is 0 Å². The molecule has 190 valence electrons. The van der Waals surface area contributed by atoms with Crippen LogP contribution < -0.4 is 0 Å². The number of aliphatic hydroxyl groups is 2. The van der Waals surface area contributed by atoms with Crippen molar-refractivity contribution >= 4 is 16.7 Å². The van der Waals surface area contributed by atoms with Gasteiger partial charge in [-0.25, -0.2) is 4.98 Å². The van der Waals surface area contributed by atoms with Crippen molar-refractivity contribution in [2.24, 2.45) is 22.7 Å². The number of hydrogen-bond acceptors (Lipinski definition) is 6. The molecular weight excluding hydrogens is 452 g/mol. The van der Waals surface area contributed by atoms with Gasteiger partial charge >= 0.3 is 0 Å². The smallest absolute Gasteiger partial charge is 0.192 e. The highest BCUT2D eigenvalue weighted by molar-refractivity contribution is 5.82. The number of nitrogens with zero attached hydrogens (tertiary/aromatic N) is 2. The molecule has 2 bridgehead atoms. The standard InChI is InChI=1S/C30H36N2O4/c1-16-31-21-13-17(5-7-23(21)35-16)18-6-8-24-27(18,2)10-9-19-20-14-29(20)26(34)25(33)22(32(3)4)15-28(29)11-12-30(19,24)36-28/h5-7,9,13,20,22,24-26,33-34H,8,10-12,14-15H2,1-4H3. The molecule has 1 aromatic heterocycles. The Morgan fingerprint density at radius 2 is 1.94 bits per heavy atom. The third-order valence-electron chi connectivity index (χ3n) is 11.5. The Hall–Kier alpha value is -1.99. The number of rotatable bonds is 2. The van der Waals surface area contributed by atoms with Crippen molar-refractivity contribution in [1.29, 1.82) is 0 Å². The van der Waals surface area contributed by atoms with Gasteiger partial charge in [0.15, 0.2) is 11.5 Å². The van der Waals surface area contributed by atoms with E-state index in [2.05, 4.69) is 47.2 Å². The van der Waals surface area contributed by atoms with Crippen molar-refractivity contribution in [3.8, 4) is 0 Å². The second kappa shape index (κ2) is 6.52. The van der Waals surface area contributed by atoms with E-state index in [0.717, 1.165) is 49.6 Å². The molecule has 36 heavy (non-hydrogen) atoms. The second-order valence-electron chi connectivity index (χ2n) is 13.1. The zero-order valence-corrected chi connectivity index (χ0v) is 21.6. The van der Waals surface area contributed by atoms with Crippen molar-refractivity contribution in [3.05, 3.63) is 47.4 Å². The number of likely N-dealkylation sites (N-methyl/N-ethyl adjacent to an activating group) is 1. The number of aliphatic hydroxyl groups excluding tert-OH is 2. The Labute approximate surface area is 212 Å². The predicted octanol–water partition coefficient (Wildman–Crippen LogP) is 4.24. The molecule has 9 unspecified atom stereocenters. The molecule has 2 saturated heterocycles. The van der Waals surface area contributed by atoms with Crippen LogP contribution in [0.3, 0.4) is 0 Å². The zero-order chi connectivity index (χ0) is 24.8. The predicted molar refractivity (Wildman–Crippen MR) is 136 cm³/mol. The number of benzene rings is 1. The molecule has 8 rings (SSSR count). The summed E-state index contributed by atoms with van der Waals surface area (Å²) in [5.74, 6) is 1.42. The minimum Gasteiger partial charge on any atom is -0.441 e. The van der Waals surface area contributed by atoms with Crippen LogP contribution in [0.2, 0.25) is 0 Å². The molecule has 3 spiro atoms. The topological polar surface area (TPSA) is 79.0 Å². The van der Waals surface area contributed by atoms with Crippen LogP contribution in [0.25, 0.3) is 16.7 Å². The molecule has 6 heteroatoms. The van der Waals surface area contributed by atoms with Crippen LogP contribution in [0.1, 0.15) is 56.9 Å². The molecule has 4 aliphatic carbocycles. The summed E-state index contributed by atoms with van der Waals surface area (Å²) in [5, 5.41) is 22.6. The summed E-state index contributed by atoms with van der Waals surface area (Å²) in [6, 6.07) is 6.35. The third-order valence-corrected chi connectivity index (χ3v) is 11.5. The number of hydrogen-bond donors (Lipinski definition) is 2. The highest BCUT2D eigenvalue weighted by Crippen LogP contribution is 2.81. The Morgan fingerprint density at radius 1 is 1.11 bits per heavy atom. The number of allylic oxidation sites excluding steroid dienone is 3. The molecule has 6 nitrogen and oxygen atoms in total. The summed E-state index contributed by atoms with van der Waals surface area (Å²) >= 11 is 0. The van der Waals surface area contributed by atoms with Crippen molar-refractivity contribution in [1.82, 2.24) is 9.88 Å². The summed E-state index contributed by atoms with van der Waals surface area (Å²) in [4.78, 5) is 6.67. The molecular formula is C30H36N2O4. The van der Waals surface area contributed by atoms with Gasteiger partial charge in [0.1, 0.15) is 5.52 Å². The van der Waals surface area contributed by atoms with Crippen LogP contribution in [-0.4, -0.2) is 63.6 Å². The third kappa shape index (κ3) is 2.29. The monoisotopic (exact) mass is 488 g/mol. The molecule has 6 aliphatic rings. The van der Waals surface area contributed by atoms with Crippen LogP contribution >= 0.6 is 0 Å². The van der Waals surface area contributed by atoms with E-state index in [0.29, 0.717) is 17.7 Å². The largest absolute Gasteiger partial charge is 0.441 e. The van der Waals surface area contributed by atoms with Crippen molar-refractivity contribution in [3.63, 3.8) is 0 Å². The number of aryl methyl sites for hydroxylation is 1. The first-order valence-electron chi connectivity index (χ1n) is 13.7. The number of aromatic nitrogens is 1. The van der Waals surface area contributed by atoms with Gasteiger partial charge in [0.25, 0.3) is 0 Å². The lowest BCUT2D eigenvalue weighted by atomic mass is 9.57. The van der Waals surface area contributed by atoms with Gasteiger partial charge in [0.05, 0.1) is 23.4 Å². The van der Waals surface area contributed by atoms with Crippen LogP contribution in [0.15, 0.2) is 40.3 Å². The fraction of sp³-hybridized carbons (Fsp3) is 0.633. The minimum atomic E-state index is -0.733. The SMILES string of the molecule is Cc1nc2cc(C3=CCC4C3(C)CC=C3C5CC56C(O)C(O)C(N(C)C)CC65CCC34O5)ccc2o1. The van der Waals surface area contributed by atoms with Crippen molar-refractivity contribution < 1.29 is 19.4 Å². The van der Waals surface area contributed by atoms with Gasteiger partial charge in [-0.2, -0.15) is 0 Å². The van der Waals surface area contributed by atoms with E-state index < -0.39 is 12.2 Å². The van der Waals surface area contributed by atoms with E-state index in [1.165, 1.54) is 16.7 Å². The van der Waals surface area contributed by atoms with E-state index in [1.54, 1.807) is 0 Å². The van der Waals surface area contributed by atoms with Gasteiger partial charge in [0.2, 0.25) is 0 Å². The Kier molecular flexibility index (Phi) is 3.99. The molecule has 3 heterocycles. The van der Waals surface area contributed by atoms with Crippen LogP contribution in [-0.2, 0) is 4.74 Å². The maximum atomic E-state index is 11.5. The number of fused-ring (bicyclic) bond motifs is 3. The summed E-state index contributed by atoms with van der Waals surface area (Å²) in [6.07, 6.45) is 9.20. The Bertz CT molecular complexity index is 1380. The first kappa shape index (κ1) is 22.0. The van der Waals surface area contributed by atoms with Crippen LogP contribution in [0, 0.1) is 29.6 Å². The van der Waals surface area contributed by atoms with E-state index in [4.69, 9.17) is 9.15 Å². The second-order valence-corrected chi connectivity index (χ2v) is 13.1. The van der Waals surface area contributed by atoms with Gasteiger partial charge < -0.3 is 24.3 Å². The maximum absolute atomic E-state index is 11.5. The minimum absolute atomic E-state index is 0.00980. The maximum Gasteiger partial charge on any atom is 0.192 e. The summed E-state index contributed by atoms with van der Waals surface area (Å²) in [7, 11) is 4.02. The first-order valence-corrected chi connectivity index (χ1v) is 13.7.